The number of anilines is 1. The van der Waals surface area contributed by atoms with Crippen molar-refractivity contribution >= 4 is 27.6 Å². The highest BCUT2D eigenvalue weighted by Gasteiger charge is 2.23. The van der Waals surface area contributed by atoms with Crippen molar-refractivity contribution in [2.24, 2.45) is 0 Å². The summed E-state index contributed by atoms with van der Waals surface area (Å²) in [6.07, 6.45) is 7.19. The zero-order chi connectivity index (χ0) is 24.9. The molecule has 0 spiro atoms. The van der Waals surface area contributed by atoms with Crippen LogP contribution in [0.4, 0.5) is 5.69 Å². The van der Waals surface area contributed by atoms with Crippen LogP contribution in [-0.2, 0) is 26.2 Å². The van der Waals surface area contributed by atoms with Crippen molar-refractivity contribution in [3.05, 3.63) is 53.6 Å². The lowest BCUT2D eigenvalue weighted by atomic mass is 9.84. The van der Waals surface area contributed by atoms with Crippen LogP contribution in [0.5, 0.6) is 11.5 Å². The first-order chi connectivity index (χ1) is 16.0. The molecule has 34 heavy (non-hydrogen) atoms. The normalized spacial score (nSPS) is 14.7. The van der Waals surface area contributed by atoms with Gasteiger partial charge in [-0.15, -0.1) is 0 Å². The fourth-order valence-corrected chi connectivity index (χ4v) is 4.48. The number of hydrogen-bond donors (Lipinski definition) is 1. The lowest BCUT2D eigenvalue weighted by molar-refractivity contribution is -0.132. The third-order valence-corrected chi connectivity index (χ3v) is 7.39. The second-order valence-electron chi connectivity index (χ2n) is 8.82. The second-order valence-corrected chi connectivity index (χ2v) is 10.9. The van der Waals surface area contributed by atoms with Gasteiger partial charge in [-0.1, -0.05) is 43.5 Å². The Morgan fingerprint density at radius 3 is 2.29 bits per heavy atom. The molecular formula is C25H32N2O6S. The summed E-state index contributed by atoms with van der Waals surface area (Å²) < 4.78 is 29.7. The van der Waals surface area contributed by atoms with Crippen LogP contribution in [0, 0.1) is 0 Å². The molecule has 184 valence electrons. The number of benzene rings is 2. The van der Waals surface area contributed by atoms with Gasteiger partial charge >= 0.3 is 5.97 Å². The predicted octanol–water partition coefficient (Wildman–Crippen LogP) is 3.79. The molecule has 0 atom stereocenters. The van der Waals surface area contributed by atoms with Gasteiger partial charge in [-0.05, 0) is 42.0 Å². The van der Waals surface area contributed by atoms with Gasteiger partial charge < -0.3 is 14.7 Å². The number of phenols is 1. The molecule has 1 saturated carbocycles. The van der Waals surface area contributed by atoms with Crippen molar-refractivity contribution in [1.29, 1.82) is 0 Å². The summed E-state index contributed by atoms with van der Waals surface area (Å²) in [5.74, 6) is -0.820. The number of rotatable bonds is 8. The molecule has 9 heteroatoms. The second kappa shape index (κ2) is 11.0. The first-order valence-electron chi connectivity index (χ1n) is 11.4. The molecule has 2 aromatic carbocycles. The highest BCUT2D eigenvalue weighted by molar-refractivity contribution is 7.88. The highest BCUT2D eigenvalue weighted by Crippen LogP contribution is 2.34. The lowest BCUT2D eigenvalue weighted by Gasteiger charge is -2.26. The Labute approximate surface area is 201 Å². The molecule has 0 bridgehead atoms. The molecule has 1 N–H and O–H groups in total. The zero-order valence-corrected chi connectivity index (χ0v) is 20.7. The van der Waals surface area contributed by atoms with E-state index in [-0.39, 0.29) is 24.6 Å². The molecule has 0 unspecified atom stereocenters. The van der Waals surface area contributed by atoms with Gasteiger partial charge in [0, 0.05) is 25.7 Å². The van der Waals surface area contributed by atoms with E-state index in [0.29, 0.717) is 11.6 Å². The van der Waals surface area contributed by atoms with E-state index in [1.54, 1.807) is 0 Å². The van der Waals surface area contributed by atoms with Gasteiger partial charge in [0.2, 0.25) is 15.9 Å². The lowest BCUT2D eigenvalue weighted by Crippen LogP contribution is -2.40. The summed E-state index contributed by atoms with van der Waals surface area (Å²) in [6, 6.07) is 12.4. The summed E-state index contributed by atoms with van der Waals surface area (Å²) in [4.78, 5) is 26.0. The van der Waals surface area contributed by atoms with Crippen LogP contribution in [-0.4, -0.2) is 49.6 Å². The number of phenolic OH excluding ortho intramolecular Hbond substituents is 1. The van der Waals surface area contributed by atoms with Gasteiger partial charge in [0.15, 0.2) is 11.5 Å². The fourth-order valence-electron chi connectivity index (χ4n) is 4.14. The number of carbonyl (C=O) groups excluding carboxylic acids is 2. The Balaban J connectivity index is 1.88. The first-order valence-corrected chi connectivity index (χ1v) is 13.2. The van der Waals surface area contributed by atoms with Crippen LogP contribution in [0.1, 0.15) is 56.1 Å². The van der Waals surface area contributed by atoms with Crippen molar-refractivity contribution in [2.75, 3.05) is 24.7 Å². The number of likely N-dealkylation sites (N-methyl/N-ethyl adjacent to an activating group) is 1. The number of hydrogen-bond acceptors (Lipinski definition) is 6. The number of nitrogens with zero attached hydrogens (tertiary/aromatic N) is 2. The van der Waals surface area contributed by atoms with Crippen LogP contribution < -0.4 is 9.64 Å². The molecule has 1 fully saturated rings. The topological polar surface area (TPSA) is 104 Å². The van der Waals surface area contributed by atoms with Crippen molar-refractivity contribution in [2.45, 2.75) is 51.5 Å². The number of amides is 1. The number of sulfonamides is 1. The third kappa shape index (κ3) is 6.80. The minimum atomic E-state index is -3.56. The predicted molar refractivity (Wildman–Crippen MR) is 130 cm³/mol. The van der Waals surface area contributed by atoms with E-state index < -0.39 is 21.9 Å². The number of carbonyl (C=O) groups is 2. The average molecular weight is 489 g/mol. The highest BCUT2D eigenvalue weighted by atomic mass is 32.2. The SMILES string of the molecule is CC(=O)Oc1cc(N(Cc2ccc(C3CCCCC3)cc2)C(=O)CN(C)S(C)(=O)=O)ccc1O. The Morgan fingerprint density at radius 1 is 1.06 bits per heavy atom. The summed E-state index contributed by atoms with van der Waals surface area (Å²) in [6.45, 7) is 1.04. The molecule has 0 aliphatic heterocycles. The van der Waals surface area contributed by atoms with Crippen molar-refractivity contribution in [1.82, 2.24) is 4.31 Å². The largest absolute Gasteiger partial charge is 0.504 e. The smallest absolute Gasteiger partial charge is 0.308 e. The van der Waals surface area contributed by atoms with Crippen LogP contribution in [0.25, 0.3) is 0 Å². The van der Waals surface area contributed by atoms with Crippen LogP contribution in [0.15, 0.2) is 42.5 Å². The standard InChI is InChI=1S/C25H32N2O6S/c1-18(28)33-24-15-22(13-14-23(24)29)27(25(30)17-26(2)34(3,31)32)16-19-9-11-21(12-10-19)20-7-5-4-6-8-20/h9-15,20,29H,4-8,16-17H2,1-3H3. The Bertz CT molecular complexity index is 1120. The first kappa shape index (κ1) is 25.7. The maximum Gasteiger partial charge on any atom is 0.308 e. The molecule has 0 saturated heterocycles. The molecule has 1 aliphatic rings. The van der Waals surface area contributed by atoms with Crippen LogP contribution in [0.2, 0.25) is 0 Å². The molecule has 8 nitrogen and oxygen atoms in total. The molecule has 3 rings (SSSR count). The quantitative estimate of drug-likeness (QED) is 0.448. The molecule has 1 aliphatic carbocycles. The maximum atomic E-state index is 13.2. The van der Waals surface area contributed by atoms with Crippen LogP contribution >= 0.6 is 0 Å². The van der Waals surface area contributed by atoms with E-state index in [9.17, 15) is 23.1 Å². The van der Waals surface area contributed by atoms with Crippen molar-refractivity contribution in [3.63, 3.8) is 0 Å². The zero-order valence-electron chi connectivity index (χ0n) is 19.9. The van der Waals surface area contributed by atoms with Gasteiger partial charge in [0.05, 0.1) is 19.3 Å². The molecule has 1 amide bonds. The number of esters is 1. The Morgan fingerprint density at radius 2 is 1.71 bits per heavy atom. The number of ether oxygens (including phenoxy) is 1. The van der Waals surface area contributed by atoms with Gasteiger partial charge in [-0.25, -0.2) is 8.42 Å². The van der Waals surface area contributed by atoms with Gasteiger partial charge in [-0.3, -0.25) is 9.59 Å². The minimum absolute atomic E-state index is 0.0769. The van der Waals surface area contributed by atoms with E-state index in [2.05, 4.69) is 12.1 Å². The summed E-state index contributed by atoms with van der Waals surface area (Å²) in [7, 11) is -2.22. The average Bonchev–Trinajstić information content (AvgIpc) is 2.79. The van der Waals surface area contributed by atoms with E-state index in [4.69, 9.17) is 4.74 Å². The molecular weight excluding hydrogens is 456 g/mol. The molecule has 0 radical (unpaired) electrons. The monoisotopic (exact) mass is 488 g/mol. The Kier molecular flexibility index (Phi) is 8.33. The van der Waals surface area contributed by atoms with Gasteiger partial charge in [0.1, 0.15) is 0 Å². The van der Waals surface area contributed by atoms with E-state index in [1.807, 2.05) is 12.1 Å². The third-order valence-electron chi connectivity index (χ3n) is 6.13. The van der Waals surface area contributed by atoms with Crippen LogP contribution in [0.3, 0.4) is 0 Å². The van der Waals surface area contributed by atoms with Crippen molar-refractivity contribution in [3.8, 4) is 11.5 Å². The van der Waals surface area contributed by atoms with E-state index in [0.717, 1.165) is 16.1 Å². The minimum Gasteiger partial charge on any atom is -0.504 e. The molecule has 0 aromatic heterocycles. The van der Waals surface area contributed by atoms with E-state index >= 15 is 0 Å². The summed E-state index contributed by atoms with van der Waals surface area (Å²) >= 11 is 0. The fraction of sp³-hybridized carbons (Fsp3) is 0.440. The Hall–Kier alpha value is -2.91. The van der Waals surface area contributed by atoms with Gasteiger partial charge in [-0.2, -0.15) is 4.31 Å². The summed E-state index contributed by atoms with van der Waals surface area (Å²) in [5.41, 5.74) is 2.54. The maximum absolute atomic E-state index is 13.2. The summed E-state index contributed by atoms with van der Waals surface area (Å²) in [5, 5.41) is 10.0. The molecule has 0 heterocycles. The van der Waals surface area contributed by atoms with Crippen molar-refractivity contribution < 1.29 is 27.9 Å². The molecule has 2 aromatic rings. The van der Waals surface area contributed by atoms with E-state index in [1.165, 1.54) is 74.7 Å². The number of aromatic hydroxyl groups is 1. The van der Waals surface area contributed by atoms with Gasteiger partial charge in [0.25, 0.3) is 0 Å².